The van der Waals surface area contributed by atoms with Crippen molar-refractivity contribution < 1.29 is 0 Å². The Morgan fingerprint density at radius 1 is 1.05 bits per heavy atom. The second-order valence-electron chi connectivity index (χ2n) is 7.72. The van der Waals surface area contributed by atoms with Crippen LogP contribution in [0.15, 0.2) is 0 Å². The van der Waals surface area contributed by atoms with E-state index >= 15 is 0 Å². The van der Waals surface area contributed by atoms with E-state index in [-0.39, 0.29) is 0 Å². The van der Waals surface area contributed by atoms with Crippen molar-refractivity contribution >= 4 is 0 Å². The van der Waals surface area contributed by atoms with Crippen LogP contribution < -0.4 is 5.32 Å². The first-order valence-corrected chi connectivity index (χ1v) is 9.46. The Morgan fingerprint density at radius 2 is 1.81 bits per heavy atom. The van der Waals surface area contributed by atoms with E-state index in [0.29, 0.717) is 0 Å². The molecule has 0 amide bonds. The Bertz CT molecular complexity index is 308. The first-order valence-electron chi connectivity index (χ1n) is 9.46. The van der Waals surface area contributed by atoms with Gasteiger partial charge in [0.1, 0.15) is 0 Å². The van der Waals surface area contributed by atoms with E-state index in [1.54, 1.807) is 0 Å². The average Bonchev–Trinajstić information content (AvgIpc) is 2.83. The zero-order chi connectivity index (χ0) is 14.7. The number of fused-ring (bicyclic) bond motifs is 2. The predicted octanol–water partition coefficient (Wildman–Crippen LogP) is 2.86. The summed E-state index contributed by atoms with van der Waals surface area (Å²) in [6.07, 6.45) is 12.6. The van der Waals surface area contributed by atoms with Crippen LogP contribution in [0.3, 0.4) is 0 Å². The molecule has 21 heavy (non-hydrogen) atoms. The number of nitrogens with zero attached hydrogens (tertiary/aromatic N) is 2. The minimum absolute atomic E-state index is 0.825. The summed E-state index contributed by atoms with van der Waals surface area (Å²) < 4.78 is 0. The summed E-state index contributed by atoms with van der Waals surface area (Å²) in [6.45, 7) is 6.29. The summed E-state index contributed by atoms with van der Waals surface area (Å²) in [5, 5.41) is 3.79. The van der Waals surface area contributed by atoms with Crippen LogP contribution >= 0.6 is 0 Å². The average molecular weight is 293 g/mol. The van der Waals surface area contributed by atoms with E-state index in [1.807, 2.05) is 0 Å². The Labute approximate surface area is 131 Å². The summed E-state index contributed by atoms with van der Waals surface area (Å²) in [7, 11) is 2.33. The van der Waals surface area contributed by atoms with Crippen LogP contribution in [0.4, 0.5) is 0 Å². The maximum atomic E-state index is 3.79. The van der Waals surface area contributed by atoms with Gasteiger partial charge in [0.2, 0.25) is 0 Å². The van der Waals surface area contributed by atoms with Crippen LogP contribution in [-0.2, 0) is 0 Å². The van der Waals surface area contributed by atoms with Gasteiger partial charge in [0.25, 0.3) is 0 Å². The summed E-state index contributed by atoms with van der Waals surface area (Å²) >= 11 is 0. The quantitative estimate of drug-likeness (QED) is 0.812. The number of hydrogen-bond acceptors (Lipinski definition) is 3. The highest BCUT2D eigenvalue weighted by atomic mass is 15.2. The van der Waals surface area contributed by atoms with Gasteiger partial charge in [-0.25, -0.2) is 0 Å². The lowest BCUT2D eigenvalue weighted by Gasteiger charge is -2.40. The summed E-state index contributed by atoms with van der Waals surface area (Å²) in [6, 6.07) is 3.35. The Hall–Kier alpha value is -0.120. The van der Waals surface area contributed by atoms with E-state index in [0.717, 1.165) is 24.2 Å². The van der Waals surface area contributed by atoms with Crippen molar-refractivity contribution in [3.8, 4) is 0 Å². The summed E-state index contributed by atoms with van der Waals surface area (Å²) in [4.78, 5) is 5.45. The van der Waals surface area contributed by atoms with Gasteiger partial charge in [-0.05, 0) is 78.0 Å². The third kappa shape index (κ3) is 4.00. The van der Waals surface area contributed by atoms with Crippen molar-refractivity contribution in [2.45, 2.75) is 88.9 Å². The van der Waals surface area contributed by atoms with Crippen molar-refractivity contribution in [1.29, 1.82) is 0 Å². The van der Waals surface area contributed by atoms with Gasteiger partial charge in [-0.1, -0.05) is 13.3 Å². The fourth-order valence-electron chi connectivity index (χ4n) is 4.91. The molecule has 3 aliphatic heterocycles. The molecule has 3 aliphatic rings. The molecule has 0 saturated carbocycles. The van der Waals surface area contributed by atoms with Crippen molar-refractivity contribution in [2.75, 3.05) is 26.7 Å². The molecule has 3 heteroatoms. The van der Waals surface area contributed by atoms with Gasteiger partial charge in [0, 0.05) is 24.2 Å². The molecule has 0 aromatic carbocycles. The lowest BCUT2D eigenvalue weighted by atomic mass is 9.96. The van der Waals surface area contributed by atoms with Gasteiger partial charge in [-0.2, -0.15) is 0 Å². The summed E-state index contributed by atoms with van der Waals surface area (Å²) in [5.74, 6) is 0. The lowest BCUT2D eigenvalue weighted by molar-refractivity contribution is 0.110. The molecule has 3 heterocycles. The highest BCUT2D eigenvalue weighted by molar-refractivity contribution is 4.95. The van der Waals surface area contributed by atoms with Crippen LogP contribution in [-0.4, -0.2) is 60.6 Å². The molecule has 1 N–H and O–H groups in total. The first kappa shape index (κ1) is 15.8. The number of likely N-dealkylation sites (tertiary alicyclic amines) is 1. The molecule has 0 radical (unpaired) electrons. The Balaban J connectivity index is 1.51. The van der Waals surface area contributed by atoms with Crippen molar-refractivity contribution in [2.24, 2.45) is 0 Å². The highest BCUT2D eigenvalue weighted by Crippen LogP contribution is 2.30. The molecule has 3 saturated heterocycles. The van der Waals surface area contributed by atoms with Gasteiger partial charge in [-0.15, -0.1) is 0 Å². The zero-order valence-corrected chi connectivity index (χ0v) is 14.2. The van der Waals surface area contributed by atoms with Crippen LogP contribution in [0.2, 0.25) is 0 Å². The molecule has 0 aliphatic carbocycles. The molecule has 122 valence electrons. The van der Waals surface area contributed by atoms with Crippen LogP contribution in [0, 0.1) is 0 Å². The molecule has 3 fully saturated rings. The van der Waals surface area contributed by atoms with E-state index in [9.17, 15) is 0 Å². The number of piperidine rings is 2. The molecule has 2 bridgehead atoms. The molecule has 3 unspecified atom stereocenters. The largest absolute Gasteiger partial charge is 0.311 e. The van der Waals surface area contributed by atoms with Crippen LogP contribution in [0.25, 0.3) is 0 Å². The Morgan fingerprint density at radius 3 is 2.48 bits per heavy atom. The van der Waals surface area contributed by atoms with Gasteiger partial charge >= 0.3 is 0 Å². The maximum Gasteiger partial charge on any atom is 0.0125 e. The standard InChI is InChI=1S/C18H35N3/c1-3-10-21(12-9-17-6-4-5-11-20(17)2)18-13-15-7-8-16(14-18)19-15/h15-19H,3-14H2,1-2H3. The predicted molar refractivity (Wildman–Crippen MR) is 89.7 cm³/mol. The van der Waals surface area contributed by atoms with Gasteiger partial charge in [0.15, 0.2) is 0 Å². The number of hydrogen-bond donors (Lipinski definition) is 1. The molecule has 3 rings (SSSR count). The highest BCUT2D eigenvalue weighted by Gasteiger charge is 2.35. The number of rotatable bonds is 6. The van der Waals surface area contributed by atoms with E-state index in [1.165, 1.54) is 77.4 Å². The van der Waals surface area contributed by atoms with Gasteiger partial charge in [0.05, 0.1) is 0 Å². The molecule has 3 nitrogen and oxygen atoms in total. The normalized spacial score (nSPS) is 37.3. The van der Waals surface area contributed by atoms with Crippen molar-refractivity contribution in [3.05, 3.63) is 0 Å². The molecule has 0 aromatic rings. The fourth-order valence-corrected chi connectivity index (χ4v) is 4.91. The third-order valence-electron chi connectivity index (χ3n) is 6.15. The SMILES string of the molecule is CCCN(CCC1CCCCN1C)C1CC2CCC(C1)N2. The molecular formula is C18H35N3. The Kier molecular flexibility index (Phi) is 5.58. The molecule has 3 atom stereocenters. The minimum Gasteiger partial charge on any atom is -0.311 e. The van der Waals surface area contributed by atoms with E-state index in [4.69, 9.17) is 0 Å². The van der Waals surface area contributed by atoms with Gasteiger partial charge < -0.3 is 15.1 Å². The maximum absolute atomic E-state index is 3.79. The second kappa shape index (κ2) is 7.43. The molecule has 0 spiro atoms. The summed E-state index contributed by atoms with van der Waals surface area (Å²) in [5.41, 5.74) is 0. The fraction of sp³-hybridized carbons (Fsp3) is 1.00. The third-order valence-corrected chi connectivity index (χ3v) is 6.15. The van der Waals surface area contributed by atoms with E-state index < -0.39 is 0 Å². The minimum atomic E-state index is 0.825. The van der Waals surface area contributed by atoms with Crippen LogP contribution in [0.1, 0.15) is 64.7 Å². The molecular weight excluding hydrogens is 258 g/mol. The van der Waals surface area contributed by atoms with Gasteiger partial charge in [-0.3, -0.25) is 0 Å². The second-order valence-corrected chi connectivity index (χ2v) is 7.72. The number of nitrogens with one attached hydrogen (secondary N) is 1. The van der Waals surface area contributed by atoms with Crippen molar-refractivity contribution in [1.82, 2.24) is 15.1 Å². The first-order chi connectivity index (χ1) is 10.3. The topological polar surface area (TPSA) is 18.5 Å². The van der Waals surface area contributed by atoms with E-state index in [2.05, 4.69) is 29.1 Å². The van der Waals surface area contributed by atoms with Crippen LogP contribution in [0.5, 0.6) is 0 Å². The monoisotopic (exact) mass is 293 g/mol. The smallest absolute Gasteiger partial charge is 0.0125 e. The zero-order valence-electron chi connectivity index (χ0n) is 14.2. The molecule has 0 aromatic heterocycles. The van der Waals surface area contributed by atoms with Crippen molar-refractivity contribution in [3.63, 3.8) is 0 Å². The lowest BCUT2D eigenvalue weighted by Crippen LogP contribution is -2.49.